The van der Waals surface area contributed by atoms with E-state index in [-0.39, 0.29) is 5.56 Å². The van der Waals surface area contributed by atoms with Crippen molar-refractivity contribution in [3.8, 4) is 0 Å². The highest BCUT2D eigenvalue weighted by atomic mass is 19.2. The molecular formula is C30H37F3N4O. The molecule has 1 aromatic heterocycles. The molecule has 2 aliphatic heterocycles. The lowest BCUT2D eigenvalue weighted by atomic mass is 9.89. The average molecular weight is 527 g/mol. The average Bonchev–Trinajstić information content (AvgIpc) is 3.37. The lowest BCUT2D eigenvalue weighted by Crippen LogP contribution is -2.54. The van der Waals surface area contributed by atoms with Crippen LogP contribution in [0, 0.1) is 17.5 Å². The molecule has 5 nitrogen and oxygen atoms in total. The van der Waals surface area contributed by atoms with Crippen molar-refractivity contribution in [1.29, 1.82) is 0 Å². The van der Waals surface area contributed by atoms with Crippen LogP contribution in [0.4, 0.5) is 13.2 Å². The van der Waals surface area contributed by atoms with Crippen molar-refractivity contribution in [3.05, 3.63) is 77.2 Å². The second-order valence-corrected chi connectivity index (χ2v) is 10.1. The number of H-pyrrole nitrogens is 1. The van der Waals surface area contributed by atoms with Crippen LogP contribution in [-0.2, 0) is 4.79 Å². The highest BCUT2D eigenvalue weighted by Gasteiger charge is 2.30. The summed E-state index contributed by atoms with van der Waals surface area (Å²) in [5.74, 6) is -3.36. The number of hydrazine groups is 1. The van der Waals surface area contributed by atoms with Crippen molar-refractivity contribution in [2.75, 3.05) is 39.8 Å². The highest BCUT2D eigenvalue weighted by Crippen LogP contribution is 2.34. The van der Waals surface area contributed by atoms with E-state index in [4.69, 9.17) is 0 Å². The fourth-order valence-electron chi connectivity index (χ4n) is 5.67. The Balaban J connectivity index is 0.000000219. The Bertz CT molecular complexity index is 1200. The molecule has 0 bridgehead atoms. The van der Waals surface area contributed by atoms with Gasteiger partial charge in [0.25, 0.3) is 0 Å². The number of aldehydes is 1. The molecule has 204 valence electrons. The first-order valence-electron chi connectivity index (χ1n) is 13.4. The van der Waals surface area contributed by atoms with E-state index >= 15 is 0 Å². The normalized spacial score (nSPS) is 18.3. The van der Waals surface area contributed by atoms with Gasteiger partial charge in [-0.25, -0.2) is 23.2 Å². The van der Waals surface area contributed by atoms with Crippen molar-refractivity contribution >= 4 is 23.3 Å². The van der Waals surface area contributed by atoms with E-state index in [1.165, 1.54) is 74.4 Å². The van der Waals surface area contributed by atoms with Crippen molar-refractivity contribution in [2.24, 2.45) is 0 Å². The molecule has 3 heterocycles. The number of nitrogens with one attached hydrogen (secondary N) is 1. The van der Waals surface area contributed by atoms with Gasteiger partial charge in [-0.05, 0) is 87.1 Å². The van der Waals surface area contributed by atoms with Gasteiger partial charge in [-0.2, -0.15) is 0 Å². The number of nitrogens with zero attached hydrogens (tertiary/aromatic N) is 3. The fourth-order valence-corrected chi connectivity index (χ4v) is 5.67. The summed E-state index contributed by atoms with van der Waals surface area (Å²) in [6.07, 6.45) is 10.1. The van der Waals surface area contributed by atoms with Gasteiger partial charge in [-0.15, -0.1) is 0 Å². The zero-order valence-electron chi connectivity index (χ0n) is 22.2. The van der Waals surface area contributed by atoms with Crippen LogP contribution in [0.5, 0.6) is 0 Å². The van der Waals surface area contributed by atoms with Crippen molar-refractivity contribution in [2.45, 2.75) is 44.6 Å². The maximum Gasteiger partial charge on any atom is 0.194 e. The number of rotatable bonds is 6. The number of fused-ring (bicyclic) bond motifs is 1. The summed E-state index contributed by atoms with van der Waals surface area (Å²) >= 11 is 0. The quantitative estimate of drug-likeness (QED) is 0.243. The Kier molecular flexibility index (Phi) is 9.77. The second-order valence-electron chi connectivity index (χ2n) is 10.1. The lowest BCUT2D eigenvalue weighted by Gasteiger charge is -2.45. The van der Waals surface area contributed by atoms with Crippen LogP contribution in [0.25, 0.3) is 17.0 Å². The Morgan fingerprint density at radius 2 is 1.66 bits per heavy atom. The number of piperidine rings is 2. The zero-order chi connectivity index (χ0) is 27.1. The van der Waals surface area contributed by atoms with E-state index in [2.05, 4.69) is 64.3 Å². The topological polar surface area (TPSA) is 42.6 Å². The number of hydrogen-bond acceptors (Lipinski definition) is 4. The van der Waals surface area contributed by atoms with E-state index in [1.807, 2.05) is 0 Å². The van der Waals surface area contributed by atoms with E-state index in [0.717, 1.165) is 30.8 Å². The summed E-state index contributed by atoms with van der Waals surface area (Å²) in [5.41, 5.74) is 2.91. The smallest absolute Gasteiger partial charge is 0.194 e. The van der Waals surface area contributed by atoms with Gasteiger partial charge in [0.1, 0.15) is 6.29 Å². The minimum absolute atomic E-state index is 0.100. The highest BCUT2D eigenvalue weighted by molar-refractivity contribution is 5.83. The molecule has 3 aromatic rings. The minimum atomic E-state index is -1.51. The van der Waals surface area contributed by atoms with Crippen LogP contribution >= 0.6 is 0 Å². The minimum Gasteiger partial charge on any atom is -0.361 e. The molecule has 0 aliphatic carbocycles. The standard InChI is InChI=1S/C21H32N4.C9H5F3O/c1-3-25(18-10-12-23(2)13-11-18)24-14-8-17(9-15-24)20-16-22-21-7-5-4-6-19(20)21;10-7-4-6(2-1-3-13)5-8(11)9(7)12/h4-7,16-18,22H,3,8-15H2,1-2H3;1-5H/b;2-1+. The third-order valence-corrected chi connectivity index (χ3v) is 7.70. The number of benzene rings is 2. The molecule has 2 aromatic carbocycles. The van der Waals surface area contributed by atoms with E-state index in [1.54, 1.807) is 0 Å². The van der Waals surface area contributed by atoms with Gasteiger partial charge >= 0.3 is 0 Å². The number of carbonyl (C=O) groups is 1. The SMILES string of the molecule is CCN(C1CCN(C)CC1)N1CCC(c2c[nH]c3ccccc23)CC1.O=C/C=C/c1cc(F)c(F)c(F)c1. The molecule has 38 heavy (non-hydrogen) atoms. The third kappa shape index (κ3) is 6.73. The van der Waals surface area contributed by atoms with Crippen LogP contribution in [-0.4, -0.2) is 72.0 Å². The summed E-state index contributed by atoms with van der Waals surface area (Å²) < 4.78 is 37.4. The third-order valence-electron chi connectivity index (χ3n) is 7.70. The molecular weight excluding hydrogens is 489 g/mol. The first kappa shape index (κ1) is 28.1. The van der Waals surface area contributed by atoms with Gasteiger partial charge in [-0.1, -0.05) is 31.2 Å². The van der Waals surface area contributed by atoms with Gasteiger partial charge < -0.3 is 9.88 Å². The van der Waals surface area contributed by atoms with Gasteiger partial charge in [0.05, 0.1) is 0 Å². The van der Waals surface area contributed by atoms with Gasteiger partial charge in [0, 0.05) is 42.8 Å². The molecule has 5 rings (SSSR count). The van der Waals surface area contributed by atoms with Crippen molar-refractivity contribution in [1.82, 2.24) is 19.9 Å². The number of aromatic nitrogens is 1. The Morgan fingerprint density at radius 1 is 1.00 bits per heavy atom. The number of aromatic amines is 1. The molecule has 0 unspecified atom stereocenters. The van der Waals surface area contributed by atoms with Crippen molar-refractivity contribution < 1.29 is 18.0 Å². The molecule has 2 fully saturated rings. The number of para-hydroxylation sites is 1. The zero-order valence-corrected chi connectivity index (χ0v) is 22.2. The van der Waals surface area contributed by atoms with Gasteiger partial charge in [0.2, 0.25) is 0 Å². The predicted octanol–water partition coefficient (Wildman–Crippen LogP) is 5.99. The van der Waals surface area contributed by atoms with E-state index < -0.39 is 17.5 Å². The van der Waals surface area contributed by atoms with Crippen LogP contribution in [0.2, 0.25) is 0 Å². The first-order valence-corrected chi connectivity index (χ1v) is 13.4. The van der Waals surface area contributed by atoms with Crippen LogP contribution in [0.15, 0.2) is 48.7 Å². The largest absolute Gasteiger partial charge is 0.361 e. The number of allylic oxidation sites excluding steroid dienone is 1. The molecule has 0 amide bonds. The first-order chi connectivity index (χ1) is 18.4. The van der Waals surface area contributed by atoms with Crippen LogP contribution in [0.3, 0.4) is 0 Å². The monoisotopic (exact) mass is 526 g/mol. The number of hydrogen-bond donors (Lipinski definition) is 1. The predicted molar refractivity (Wildman–Crippen MR) is 146 cm³/mol. The summed E-state index contributed by atoms with van der Waals surface area (Å²) in [5, 5.41) is 6.75. The van der Waals surface area contributed by atoms with E-state index in [0.29, 0.717) is 12.2 Å². The number of likely N-dealkylation sites (tertiary alicyclic amines) is 1. The van der Waals surface area contributed by atoms with Crippen molar-refractivity contribution in [3.63, 3.8) is 0 Å². The molecule has 0 radical (unpaired) electrons. The maximum absolute atomic E-state index is 12.5. The summed E-state index contributed by atoms with van der Waals surface area (Å²) in [7, 11) is 2.25. The maximum atomic E-state index is 12.5. The Morgan fingerprint density at radius 3 is 2.29 bits per heavy atom. The fraction of sp³-hybridized carbons (Fsp3) is 0.433. The van der Waals surface area contributed by atoms with Gasteiger partial charge in [-0.3, -0.25) is 4.79 Å². The molecule has 0 atom stereocenters. The molecule has 1 N–H and O–H groups in total. The molecule has 0 saturated carbocycles. The van der Waals surface area contributed by atoms with Crippen LogP contribution < -0.4 is 0 Å². The van der Waals surface area contributed by atoms with E-state index in [9.17, 15) is 18.0 Å². The summed E-state index contributed by atoms with van der Waals surface area (Å²) in [6.45, 7) is 8.35. The summed E-state index contributed by atoms with van der Waals surface area (Å²) in [4.78, 5) is 15.8. The van der Waals surface area contributed by atoms with Crippen LogP contribution in [0.1, 0.15) is 49.7 Å². The molecule has 8 heteroatoms. The molecule has 2 saturated heterocycles. The number of halogens is 3. The molecule has 2 aliphatic rings. The summed E-state index contributed by atoms with van der Waals surface area (Å²) in [6, 6.07) is 11.1. The second kappa shape index (κ2) is 13.2. The molecule has 0 spiro atoms. The Labute approximate surface area is 222 Å². The number of carbonyl (C=O) groups excluding carboxylic acids is 1. The Hall–Kier alpha value is -2.94. The lowest BCUT2D eigenvalue weighted by molar-refractivity contribution is -0.104. The van der Waals surface area contributed by atoms with Gasteiger partial charge in [0.15, 0.2) is 17.5 Å².